The quantitative estimate of drug-likeness (QED) is 0.545. The van der Waals surface area contributed by atoms with Gasteiger partial charge in [-0.05, 0) is 24.8 Å². The first-order valence-electron chi connectivity index (χ1n) is 7.88. The predicted molar refractivity (Wildman–Crippen MR) is 83.5 cm³/mol. The zero-order chi connectivity index (χ0) is 14.2. The van der Waals surface area contributed by atoms with Crippen LogP contribution in [0.4, 0.5) is 0 Å². The predicted octanol–water partition coefficient (Wildman–Crippen LogP) is 4.30. The SMILES string of the molecule is CCCCCC(C(C)Cc1ccccc1)[n+]1cc[nH]c1. The molecule has 0 radical (unpaired) electrons. The van der Waals surface area contributed by atoms with Gasteiger partial charge in [-0.25, -0.2) is 4.57 Å². The summed E-state index contributed by atoms with van der Waals surface area (Å²) in [7, 11) is 0. The van der Waals surface area contributed by atoms with Crippen molar-refractivity contribution < 1.29 is 4.57 Å². The number of benzene rings is 1. The third-order valence-electron chi connectivity index (χ3n) is 4.11. The first kappa shape index (κ1) is 14.8. The van der Waals surface area contributed by atoms with Gasteiger partial charge in [0.05, 0.1) is 0 Å². The molecule has 0 amide bonds. The molecule has 2 heteroatoms. The summed E-state index contributed by atoms with van der Waals surface area (Å²) in [5, 5.41) is 0. The van der Waals surface area contributed by atoms with E-state index in [2.05, 4.69) is 66.3 Å². The Morgan fingerprint density at radius 1 is 1.15 bits per heavy atom. The number of rotatable bonds is 8. The third kappa shape index (κ3) is 4.22. The van der Waals surface area contributed by atoms with Gasteiger partial charge in [0.2, 0.25) is 6.33 Å². The minimum atomic E-state index is 0.591. The summed E-state index contributed by atoms with van der Waals surface area (Å²) in [5.74, 6) is 0.648. The third-order valence-corrected chi connectivity index (χ3v) is 4.11. The van der Waals surface area contributed by atoms with E-state index in [1.54, 1.807) is 0 Å². The number of aromatic amines is 1. The van der Waals surface area contributed by atoms with Crippen LogP contribution in [0.2, 0.25) is 0 Å². The summed E-state index contributed by atoms with van der Waals surface area (Å²) < 4.78 is 2.35. The highest BCUT2D eigenvalue weighted by molar-refractivity contribution is 5.15. The van der Waals surface area contributed by atoms with Crippen molar-refractivity contribution in [1.82, 2.24) is 4.98 Å². The maximum atomic E-state index is 3.18. The lowest BCUT2D eigenvalue weighted by molar-refractivity contribution is -0.729. The van der Waals surface area contributed by atoms with Gasteiger partial charge in [0, 0.05) is 5.92 Å². The van der Waals surface area contributed by atoms with Gasteiger partial charge in [-0.3, -0.25) is 4.98 Å². The van der Waals surface area contributed by atoms with Crippen molar-refractivity contribution in [3.63, 3.8) is 0 Å². The Hall–Kier alpha value is -1.57. The van der Waals surface area contributed by atoms with Gasteiger partial charge in [0.15, 0.2) is 0 Å². The van der Waals surface area contributed by atoms with E-state index in [0.717, 1.165) is 6.42 Å². The smallest absolute Gasteiger partial charge is 0.241 e. The first-order chi connectivity index (χ1) is 9.81. The number of hydrogen-bond acceptors (Lipinski definition) is 0. The highest BCUT2D eigenvalue weighted by Gasteiger charge is 2.22. The fourth-order valence-corrected chi connectivity index (χ4v) is 2.96. The zero-order valence-corrected chi connectivity index (χ0v) is 12.8. The van der Waals surface area contributed by atoms with Crippen LogP contribution < -0.4 is 4.57 Å². The van der Waals surface area contributed by atoms with Crippen molar-refractivity contribution in [3.05, 3.63) is 54.6 Å². The molecular formula is C18H27N2+. The number of nitrogens with zero attached hydrogens (tertiary/aromatic N) is 1. The molecule has 2 aromatic rings. The van der Waals surface area contributed by atoms with Crippen molar-refractivity contribution in [2.75, 3.05) is 0 Å². The summed E-state index contributed by atoms with van der Waals surface area (Å²) in [6, 6.07) is 11.4. The maximum absolute atomic E-state index is 3.18. The van der Waals surface area contributed by atoms with Crippen LogP contribution in [0.5, 0.6) is 0 Å². The van der Waals surface area contributed by atoms with Crippen LogP contribution in [-0.4, -0.2) is 4.98 Å². The molecule has 1 aromatic heterocycles. The minimum absolute atomic E-state index is 0.591. The Morgan fingerprint density at radius 2 is 1.95 bits per heavy atom. The van der Waals surface area contributed by atoms with Crippen molar-refractivity contribution in [3.8, 4) is 0 Å². The average Bonchev–Trinajstić information content (AvgIpc) is 2.98. The van der Waals surface area contributed by atoms with Crippen LogP contribution in [-0.2, 0) is 6.42 Å². The molecule has 108 valence electrons. The number of hydrogen-bond donors (Lipinski definition) is 1. The molecular weight excluding hydrogens is 244 g/mol. The van der Waals surface area contributed by atoms with E-state index in [0.29, 0.717) is 12.0 Å². The van der Waals surface area contributed by atoms with E-state index in [4.69, 9.17) is 0 Å². The molecule has 20 heavy (non-hydrogen) atoms. The normalized spacial score (nSPS) is 14.1. The first-order valence-corrected chi connectivity index (χ1v) is 7.88. The standard InChI is InChI=1S/C18H26N2/c1-3-4-6-11-18(20-13-12-19-15-20)16(2)14-17-9-7-5-8-10-17/h5,7-10,12-13,15-16,18H,3-4,6,11,14H2,1-2H3/p+1. The Bertz CT molecular complexity index is 461. The molecule has 0 aliphatic carbocycles. The molecule has 1 N–H and O–H groups in total. The van der Waals surface area contributed by atoms with E-state index in [9.17, 15) is 0 Å². The summed E-state index contributed by atoms with van der Waals surface area (Å²) in [6.07, 6.45) is 12.6. The van der Waals surface area contributed by atoms with Gasteiger partial charge in [-0.15, -0.1) is 0 Å². The zero-order valence-electron chi connectivity index (χ0n) is 12.8. The van der Waals surface area contributed by atoms with Crippen molar-refractivity contribution in [2.24, 2.45) is 5.92 Å². The molecule has 2 rings (SSSR count). The number of imidazole rings is 1. The van der Waals surface area contributed by atoms with Gasteiger partial charge in [0.25, 0.3) is 0 Å². The highest BCUT2D eigenvalue weighted by atomic mass is 15.1. The molecule has 0 aliphatic rings. The van der Waals surface area contributed by atoms with Gasteiger partial charge in [-0.1, -0.05) is 57.0 Å². The molecule has 2 unspecified atom stereocenters. The molecule has 0 saturated heterocycles. The van der Waals surface area contributed by atoms with Gasteiger partial charge < -0.3 is 0 Å². The second kappa shape index (κ2) is 7.88. The Balaban J connectivity index is 2.01. The lowest BCUT2D eigenvalue weighted by Gasteiger charge is -2.21. The Kier molecular flexibility index (Phi) is 5.85. The van der Waals surface area contributed by atoms with Crippen molar-refractivity contribution >= 4 is 0 Å². The lowest BCUT2D eigenvalue weighted by atomic mass is 9.90. The van der Waals surface area contributed by atoms with E-state index >= 15 is 0 Å². The molecule has 2 atom stereocenters. The molecule has 0 spiro atoms. The number of unbranched alkanes of at least 4 members (excludes halogenated alkanes) is 2. The Morgan fingerprint density at radius 3 is 2.60 bits per heavy atom. The summed E-state index contributed by atoms with van der Waals surface area (Å²) >= 11 is 0. The maximum Gasteiger partial charge on any atom is 0.241 e. The van der Waals surface area contributed by atoms with Gasteiger partial charge in [0.1, 0.15) is 18.4 Å². The van der Waals surface area contributed by atoms with E-state index < -0.39 is 0 Å². The monoisotopic (exact) mass is 271 g/mol. The average molecular weight is 271 g/mol. The van der Waals surface area contributed by atoms with Crippen molar-refractivity contribution in [1.29, 1.82) is 0 Å². The molecule has 1 aromatic carbocycles. The van der Waals surface area contributed by atoms with Crippen LogP contribution in [0, 0.1) is 5.92 Å². The molecule has 0 aliphatic heterocycles. The van der Waals surface area contributed by atoms with Crippen LogP contribution in [0.1, 0.15) is 51.1 Å². The van der Waals surface area contributed by atoms with Crippen LogP contribution in [0.25, 0.3) is 0 Å². The Labute approximate surface area is 122 Å². The topological polar surface area (TPSA) is 19.7 Å². The van der Waals surface area contributed by atoms with E-state index in [-0.39, 0.29) is 0 Å². The molecule has 0 fully saturated rings. The van der Waals surface area contributed by atoms with Crippen LogP contribution >= 0.6 is 0 Å². The van der Waals surface area contributed by atoms with Crippen molar-refractivity contribution in [2.45, 2.75) is 52.0 Å². The molecule has 2 nitrogen and oxygen atoms in total. The van der Waals surface area contributed by atoms with Crippen LogP contribution in [0.3, 0.4) is 0 Å². The molecule has 0 bridgehead atoms. The second-order valence-electron chi connectivity index (χ2n) is 5.79. The van der Waals surface area contributed by atoms with Gasteiger partial charge in [-0.2, -0.15) is 0 Å². The summed E-state index contributed by atoms with van der Waals surface area (Å²) in [6.45, 7) is 4.65. The van der Waals surface area contributed by atoms with Gasteiger partial charge >= 0.3 is 0 Å². The largest absolute Gasteiger partial charge is 0.250 e. The lowest BCUT2D eigenvalue weighted by Crippen LogP contribution is -2.41. The fraction of sp³-hybridized carbons (Fsp3) is 0.500. The minimum Gasteiger partial charge on any atom is -0.250 e. The number of aromatic nitrogens is 2. The highest BCUT2D eigenvalue weighted by Crippen LogP contribution is 2.23. The summed E-state index contributed by atoms with van der Waals surface area (Å²) in [5.41, 5.74) is 1.44. The van der Waals surface area contributed by atoms with E-state index in [1.165, 1.54) is 31.2 Å². The summed E-state index contributed by atoms with van der Waals surface area (Å²) in [4.78, 5) is 3.18. The molecule has 0 saturated carbocycles. The van der Waals surface area contributed by atoms with E-state index in [1.807, 2.05) is 6.20 Å². The fourth-order valence-electron chi connectivity index (χ4n) is 2.96. The molecule has 1 heterocycles. The van der Waals surface area contributed by atoms with Crippen LogP contribution in [0.15, 0.2) is 49.1 Å². The second-order valence-corrected chi connectivity index (χ2v) is 5.79. The number of nitrogens with one attached hydrogen (secondary N) is 1. The number of H-pyrrole nitrogens is 1.